The first kappa shape index (κ1) is 20.6. The Morgan fingerprint density at radius 3 is 2.93 bits per heavy atom. The van der Waals surface area contributed by atoms with E-state index in [2.05, 4.69) is 34.4 Å². The normalized spacial score (nSPS) is 14.3. The lowest BCUT2D eigenvalue weighted by molar-refractivity contribution is -0.129. The second-order valence-electron chi connectivity index (χ2n) is 7.26. The minimum absolute atomic E-state index is 0.0168. The van der Waals surface area contributed by atoms with Gasteiger partial charge in [0.1, 0.15) is 11.4 Å². The van der Waals surface area contributed by atoms with E-state index in [1.807, 2.05) is 12.1 Å². The van der Waals surface area contributed by atoms with Crippen LogP contribution in [0, 0.1) is 0 Å². The number of methoxy groups -OCH3 is 1. The quantitative estimate of drug-likeness (QED) is 0.586. The van der Waals surface area contributed by atoms with E-state index in [4.69, 9.17) is 4.74 Å². The highest BCUT2D eigenvalue weighted by molar-refractivity contribution is 5.88. The molecular weight excluding hydrogens is 370 g/mol. The van der Waals surface area contributed by atoms with Crippen molar-refractivity contribution in [2.24, 2.45) is 0 Å². The lowest BCUT2D eigenvalue weighted by Crippen LogP contribution is -2.57. The van der Waals surface area contributed by atoms with E-state index in [1.54, 1.807) is 42.6 Å². The summed E-state index contributed by atoms with van der Waals surface area (Å²) in [5.41, 5.74) is 1.73. The maximum Gasteiger partial charge on any atom is 0.271 e. The van der Waals surface area contributed by atoms with Gasteiger partial charge in [-0.15, -0.1) is 0 Å². The zero-order valence-electron chi connectivity index (χ0n) is 16.9. The van der Waals surface area contributed by atoms with Gasteiger partial charge in [0.25, 0.3) is 5.56 Å². The molecule has 0 spiro atoms. The number of hydrogen-bond donors (Lipinski definition) is 3. The first-order chi connectivity index (χ1) is 14.0. The molecule has 29 heavy (non-hydrogen) atoms. The predicted molar refractivity (Wildman–Crippen MR) is 113 cm³/mol. The van der Waals surface area contributed by atoms with E-state index in [9.17, 15) is 9.59 Å². The molecule has 3 heterocycles. The molecule has 1 fully saturated rings. The van der Waals surface area contributed by atoms with E-state index in [0.717, 1.165) is 5.56 Å². The molecule has 1 aliphatic rings. The molecule has 1 amide bonds. The van der Waals surface area contributed by atoms with Crippen LogP contribution < -0.4 is 20.9 Å². The topological polar surface area (TPSA) is 99.3 Å². The number of anilines is 1. The molecule has 3 rings (SSSR count). The van der Waals surface area contributed by atoms with Crippen LogP contribution in [0.1, 0.15) is 13.8 Å². The molecule has 3 N–H and O–H groups in total. The van der Waals surface area contributed by atoms with Gasteiger partial charge in [-0.3, -0.25) is 14.6 Å². The Labute approximate surface area is 170 Å². The zero-order chi connectivity index (χ0) is 20.8. The number of aromatic nitrogens is 2. The third-order valence-electron chi connectivity index (χ3n) is 4.62. The van der Waals surface area contributed by atoms with Gasteiger partial charge in [0.2, 0.25) is 5.91 Å². The van der Waals surface area contributed by atoms with Crippen LogP contribution in [0.5, 0.6) is 5.75 Å². The van der Waals surface area contributed by atoms with Crippen LogP contribution >= 0.6 is 0 Å². The van der Waals surface area contributed by atoms with E-state index in [0.29, 0.717) is 42.8 Å². The molecule has 0 radical (unpaired) electrons. The third kappa shape index (κ3) is 5.45. The smallest absolute Gasteiger partial charge is 0.271 e. The van der Waals surface area contributed by atoms with Gasteiger partial charge >= 0.3 is 0 Å². The molecular formula is C21H27N5O3. The van der Waals surface area contributed by atoms with Crippen molar-refractivity contribution in [3.8, 4) is 17.0 Å². The molecule has 0 atom stereocenters. The highest BCUT2D eigenvalue weighted by atomic mass is 16.5. The van der Waals surface area contributed by atoms with Gasteiger partial charge in [-0.25, -0.2) is 0 Å². The second kappa shape index (κ2) is 9.38. The molecule has 0 saturated carbocycles. The molecule has 154 valence electrons. The van der Waals surface area contributed by atoms with Crippen LogP contribution in [0.15, 0.2) is 47.5 Å². The van der Waals surface area contributed by atoms with Crippen LogP contribution in [0.2, 0.25) is 0 Å². The first-order valence-electron chi connectivity index (χ1n) is 9.64. The van der Waals surface area contributed by atoms with Crippen LogP contribution in [0.4, 0.5) is 5.69 Å². The van der Waals surface area contributed by atoms with Gasteiger partial charge in [0.05, 0.1) is 18.8 Å². The fourth-order valence-electron chi connectivity index (χ4n) is 2.97. The average Bonchev–Trinajstić information content (AvgIpc) is 2.68. The largest absolute Gasteiger partial charge is 0.497 e. The monoisotopic (exact) mass is 397 g/mol. The zero-order valence-corrected chi connectivity index (χ0v) is 16.9. The summed E-state index contributed by atoms with van der Waals surface area (Å²) in [5.74, 6) is 0.678. The van der Waals surface area contributed by atoms with Crippen molar-refractivity contribution in [1.82, 2.24) is 20.2 Å². The SMILES string of the molecule is COc1ccnc(-c2c[nH]c(=O)c(NC3CN(C(=O)C=CCNC(C)C)C3)c2)c1. The van der Waals surface area contributed by atoms with E-state index in [1.165, 1.54) is 0 Å². The van der Waals surface area contributed by atoms with Gasteiger partial charge in [-0.05, 0) is 12.1 Å². The Bertz CT molecular complexity index is 932. The summed E-state index contributed by atoms with van der Waals surface area (Å²) >= 11 is 0. The maximum absolute atomic E-state index is 12.2. The van der Waals surface area contributed by atoms with Crippen molar-refractivity contribution in [3.63, 3.8) is 0 Å². The molecule has 0 aromatic carbocycles. The van der Waals surface area contributed by atoms with Gasteiger partial charge in [-0.1, -0.05) is 19.9 Å². The van der Waals surface area contributed by atoms with Crippen molar-refractivity contribution in [2.75, 3.05) is 32.1 Å². The van der Waals surface area contributed by atoms with Gasteiger partial charge in [0.15, 0.2) is 0 Å². The standard InChI is InChI=1S/C21H27N5O3/c1-14(2)22-7-4-5-20(27)26-12-16(13-26)25-19-9-15(11-24-21(19)28)18-10-17(29-3)6-8-23-18/h4-6,8-11,14,16,22,25H,7,12-13H2,1-3H3,(H,24,28). The lowest BCUT2D eigenvalue weighted by atomic mass is 10.1. The Hall–Kier alpha value is -3.13. The number of carbonyl (C=O) groups excluding carboxylic acids is 1. The van der Waals surface area contributed by atoms with Gasteiger partial charge < -0.3 is 25.3 Å². The van der Waals surface area contributed by atoms with E-state index >= 15 is 0 Å². The van der Waals surface area contributed by atoms with Crippen LogP contribution in [-0.4, -0.2) is 59.6 Å². The van der Waals surface area contributed by atoms with Crippen LogP contribution in [0.3, 0.4) is 0 Å². The molecule has 2 aromatic heterocycles. The molecule has 1 aliphatic heterocycles. The summed E-state index contributed by atoms with van der Waals surface area (Å²) in [5, 5.41) is 6.45. The number of ether oxygens (including phenoxy) is 1. The molecule has 0 bridgehead atoms. The number of nitrogens with zero attached hydrogens (tertiary/aromatic N) is 2. The molecule has 2 aromatic rings. The number of amides is 1. The highest BCUT2D eigenvalue weighted by Gasteiger charge is 2.29. The van der Waals surface area contributed by atoms with Crippen molar-refractivity contribution >= 4 is 11.6 Å². The molecule has 8 nitrogen and oxygen atoms in total. The summed E-state index contributed by atoms with van der Waals surface area (Å²) in [6.07, 6.45) is 6.71. The number of likely N-dealkylation sites (tertiary alicyclic amines) is 1. The predicted octanol–water partition coefficient (Wildman–Crippen LogP) is 1.62. The van der Waals surface area contributed by atoms with Crippen LogP contribution in [0.25, 0.3) is 11.3 Å². The van der Waals surface area contributed by atoms with E-state index < -0.39 is 0 Å². The number of pyridine rings is 2. The Kier molecular flexibility index (Phi) is 6.66. The fraction of sp³-hybridized carbons (Fsp3) is 0.381. The Morgan fingerprint density at radius 1 is 1.41 bits per heavy atom. The van der Waals surface area contributed by atoms with Crippen molar-refractivity contribution in [3.05, 3.63) is 53.1 Å². The molecule has 0 aliphatic carbocycles. The van der Waals surface area contributed by atoms with Crippen LogP contribution in [-0.2, 0) is 4.79 Å². The summed E-state index contributed by atoms with van der Waals surface area (Å²) in [7, 11) is 1.60. The fourth-order valence-corrected chi connectivity index (χ4v) is 2.97. The average molecular weight is 397 g/mol. The second-order valence-corrected chi connectivity index (χ2v) is 7.26. The Balaban J connectivity index is 1.58. The number of hydrogen-bond acceptors (Lipinski definition) is 6. The third-order valence-corrected chi connectivity index (χ3v) is 4.62. The first-order valence-corrected chi connectivity index (χ1v) is 9.64. The Morgan fingerprint density at radius 2 is 2.21 bits per heavy atom. The highest BCUT2D eigenvalue weighted by Crippen LogP contribution is 2.22. The van der Waals surface area contributed by atoms with Gasteiger partial charge in [0, 0.05) is 55.8 Å². The number of carbonyl (C=O) groups is 1. The van der Waals surface area contributed by atoms with E-state index in [-0.39, 0.29) is 17.5 Å². The van der Waals surface area contributed by atoms with Crippen molar-refractivity contribution in [2.45, 2.75) is 25.9 Å². The number of H-pyrrole nitrogens is 1. The summed E-state index contributed by atoms with van der Waals surface area (Å²) in [4.78, 5) is 33.1. The molecule has 8 heteroatoms. The minimum atomic E-state index is -0.207. The molecule has 1 saturated heterocycles. The van der Waals surface area contributed by atoms with Gasteiger partial charge in [-0.2, -0.15) is 0 Å². The summed E-state index contributed by atoms with van der Waals surface area (Å²) < 4.78 is 5.23. The molecule has 0 unspecified atom stereocenters. The maximum atomic E-state index is 12.2. The van der Waals surface area contributed by atoms with Crippen molar-refractivity contribution < 1.29 is 9.53 Å². The van der Waals surface area contributed by atoms with Crippen molar-refractivity contribution in [1.29, 1.82) is 0 Å². The number of rotatable bonds is 8. The summed E-state index contributed by atoms with van der Waals surface area (Å²) in [6.45, 7) is 5.90. The number of aromatic amines is 1. The summed E-state index contributed by atoms with van der Waals surface area (Å²) in [6, 6.07) is 5.76. The minimum Gasteiger partial charge on any atom is -0.497 e. The lowest BCUT2D eigenvalue weighted by Gasteiger charge is -2.39. The number of nitrogens with one attached hydrogen (secondary N) is 3.